The van der Waals surface area contributed by atoms with Crippen LogP contribution >= 0.6 is 0 Å². The highest BCUT2D eigenvalue weighted by molar-refractivity contribution is 5.77. The van der Waals surface area contributed by atoms with Crippen molar-refractivity contribution in [3.05, 3.63) is 0 Å². The smallest absolute Gasteiger partial charge is 0.248 e. The summed E-state index contributed by atoms with van der Waals surface area (Å²) in [6, 6.07) is 0. The minimum atomic E-state index is -0.222. The third kappa shape index (κ3) is 4.27. The van der Waals surface area contributed by atoms with E-state index >= 15 is 0 Å². The molecule has 0 aromatic rings. The van der Waals surface area contributed by atoms with Crippen molar-refractivity contribution in [2.24, 2.45) is 0 Å². The molecule has 0 saturated heterocycles. The molecule has 0 aliphatic rings. The minimum Gasteiger partial charge on any atom is -0.395 e. The van der Waals surface area contributed by atoms with Gasteiger partial charge in [-0.2, -0.15) is 0 Å². The van der Waals surface area contributed by atoms with E-state index in [1.54, 1.807) is 0 Å². The monoisotopic (exact) mass is 177 g/mol. The van der Waals surface area contributed by atoms with Crippen molar-refractivity contribution in [2.45, 2.75) is 0 Å². The molecular formula is C7H15NO4. The summed E-state index contributed by atoms with van der Waals surface area (Å²) in [7, 11) is 1.42. The van der Waals surface area contributed by atoms with Crippen LogP contribution in [0.25, 0.3) is 0 Å². The largest absolute Gasteiger partial charge is 0.395 e. The van der Waals surface area contributed by atoms with Crippen LogP contribution in [-0.4, -0.2) is 61.0 Å². The number of carbonyl (C=O) groups is 1. The molecule has 0 fully saturated rings. The number of aliphatic hydroxyl groups is 2. The molecule has 0 aromatic heterocycles. The van der Waals surface area contributed by atoms with Gasteiger partial charge in [0.25, 0.3) is 0 Å². The highest BCUT2D eigenvalue weighted by Gasteiger charge is 2.10. The molecule has 0 saturated carbocycles. The van der Waals surface area contributed by atoms with Crippen LogP contribution in [0.15, 0.2) is 0 Å². The lowest BCUT2D eigenvalue weighted by atomic mass is 10.4. The summed E-state index contributed by atoms with van der Waals surface area (Å²) >= 11 is 0. The number of methoxy groups -OCH3 is 1. The summed E-state index contributed by atoms with van der Waals surface area (Å²) < 4.78 is 4.62. The zero-order valence-corrected chi connectivity index (χ0v) is 7.19. The third-order valence-corrected chi connectivity index (χ3v) is 1.36. The molecule has 12 heavy (non-hydrogen) atoms. The second-order valence-corrected chi connectivity index (χ2v) is 2.26. The van der Waals surface area contributed by atoms with Crippen molar-refractivity contribution in [2.75, 3.05) is 40.0 Å². The number of hydrogen-bond acceptors (Lipinski definition) is 4. The van der Waals surface area contributed by atoms with E-state index in [0.29, 0.717) is 0 Å². The maximum Gasteiger partial charge on any atom is 0.248 e. The van der Waals surface area contributed by atoms with Gasteiger partial charge in [0.1, 0.15) is 6.61 Å². The zero-order valence-electron chi connectivity index (χ0n) is 7.19. The number of nitrogens with zero attached hydrogens (tertiary/aromatic N) is 1. The fraction of sp³-hybridized carbons (Fsp3) is 0.857. The highest BCUT2D eigenvalue weighted by Crippen LogP contribution is 1.89. The molecule has 2 N–H and O–H groups in total. The quantitative estimate of drug-likeness (QED) is 0.515. The minimum absolute atomic E-state index is 0.0139. The lowest BCUT2D eigenvalue weighted by Gasteiger charge is -2.19. The normalized spacial score (nSPS) is 9.92. The molecule has 5 heteroatoms. The molecule has 0 bridgehead atoms. The van der Waals surface area contributed by atoms with E-state index < -0.39 is 0 Å². The van der Waals surface area contributed by atoms with Gasteiger partial charge in [-0.15, -0.1) is 0 Å². The Morgan fingerprint density at radius 2 is 1.83 bits per heavy atom. The molecule has 0 aliphatic heterocycles. The molecule has 72 valence electrons. The number of hydrogen-bond donors (Lipinski definition) is 2. The predicted molar refractivity (Wildman–Crippen MR) is 42.6 cm³/mol. The Morgan fingerprint density at radius 1 is 1.33 bits per heavy atom. The second kappa shape index (κ2) is 7.02. The molecule has 0 radical (unpaired) electrons. The van der Waals surface area contributed by atoms with Crippen molar-refractivity contribution in [3.8, 4) is 0 Å². The van der Waals surface area contributed by atoms with Gasteiger partial charge < -0.3 is 19.8 Å². The highest BCUT2D eigenvalue weighted by atomic mass is 16.5. The first kappa shape index (κ1) is 11.4. The summed E-state index contributed by atoms with van der Waals surface area (Å²) in [5, 5.41) is 17.1. The van der Waals surface area contributed by atoms with Gasteiger partial charge in [-0.25, -0.2) is 0 Å². The average Bonchev–Trinajstić information content (AvgIpc) is 2.04. The fourth-order valence-electron chi connectivity index (χ4n) is 0.817. The van der Waals surface area contributed by atoms with Crippen LogP contribution in [0.2, 0.25) is 0 Å². The van der Waals surface area contributed by atoms with Crippen LogP contribution in [0.1, 0.15) is 0 Å². The maximum absolute atomic E-state index is 11.1. The van der Waals surface area contributed by atoms with Gasteiger partial charge >= 0.3 is 0 Å². The van der Waals surface area contributed by atoms with E-state index in [0.717, 1.165) is 0 Å². The molecule has 0 aliphatic carbocycles. The van der Waals surface area contributed by atoms with Crippen LogP contribution < -0.4 is 0 Å². The van der Waals surface area contributed by atoms with Gasteiger partial charge in [-0.05, 0) is 0 Å². The number of aliphatic hydroxyl groups excluding tert-OH is 2. The fourth-order valence-corrected chi connectivity index (χ4v) is 0.817. The van der Waals surface area contributed by atoms with Gasteiger partial charge in [0.2, 0.25) is 5.91 Å². The standard InChI is InChI=1S/C7H15NO4/c1-12-6-7(11)8(2-4-9)3-5-10/h9-10H,2-6H2,1H3. The Kier molecular flexibility index (Phi) is 6.64. The van der Waals surface area contributed by atoms with Crippen LogP contribution in [0.5, 0.6) is 0 Å². The Morgan fingerprint density at radius 3 is 2.17 bits per heavy atom. The van der Waals surface area contributed by atoms with Crippen LogP contribution in [0.3, 0.4) is 0 Å². The summed E-state index contributed by atoms with van der Waals surface area (Å²) in [5.74, 6) is -0.222. The van der Waals surface area contributed by atoms with Crippen LogP contribution in [0, 0.1) is 0 Å². The topological polar surface area (TPSA) is 70.0 Å². The number of carbonyl (C=O) groups excluding carboxylic acids is 1. The van der Waals surface area contributed by atoms with Crippen LogP contribution in [0.4, 0.5) is 0 Å². The third-order valence-electron chi connectivity index (χ3n) is 1.36. The number of rotatable bonds is 6. The van der Waals surface area contributed by atoms with E-state index in [2.05, 4.69) is 4.74 Å². The summed E-state index contributed by atoms with van der Waals surface area (Å²) in [6.07, 6.45) is 0. The summed E-state index contributed by atoms with van der Waals surface area (Å²) in [4.78, 5) is 12.5. The molecule has 0 spiro atoms. The lowest BCUT2D eigenvalue weighted by Crippen LogP contribution is -2.38. The van der Waals surface area contributed by atoms with Gasteiger partial charge in [-0.1, -0.05) is 0 Å². The summed E-state index contributed by atoms with van der Waals surface area (Å²) in [6.45, 7) is 0.260. The van der Waals surface area contributed by atoms with Gasteiger partial charge in [0.05, 0.1) is 13.2 Å². The van der Waals surface area contributed by atoms with Crippen molar-refractivity contribution in [1.29, 1.82) is 0 Å². The maximum atomic E-state index is 11.1. The number of amides is 1. The Bertz CT molecular complexity index is 123. The average molecular weight is 177 g/mol. The molecule has 0 atom stereocenters. The van der Waals surface area contributed by atoms with Crippen molar-refractivity contribution < 1.29 is 19.7 Å². The SMILES string of the molecule is COCC(=O)N(CCO)CCO. The molecule has 0 unspecified atom stereocenters. The zero-order chi connectivity index (χ0) is 9.40. The molecule has 0 aromatic carbocycles. The Balaban J connectivity index is 3.81. The summed E-state index contributed by atoms with van der Waals surface area (Å²) in [5.41, 5.74) is 0. The molecular weight excluding hydrogens is 162 g/mol. The number of ether oxygens (including phenoxy) is 1. The molecule has 5 nitrogen and oxygen atoms in total. The molecule has 1 amide bonds. The predicted octanol–water partition coefficient (Wildman–Crippen LogP) is -1.55. The molecule has 0 heterocycles. The second-order valence-electron chi connectivity index (χ2n) is 2.26. The first-order valence-corrected chi connectivity index (χ1v) is 3.74. The van der Waals surface area contributed by atoms with Gasteiger partial charge in [0, 0.05) is 20.2 Å². The van der Waals surface area contributed by atoms with Gasteiger partial charge in [-0.3, -0.25) is 4.79 Å². The first-order valence-electron chi connectivity index (χ1n) is 3.74. The van der Waals surface area contributed by atoms with Crippen molar-refractivity contribution in [3.63, 3.8) is 0 Å². The first-order chi connectivity index (χ1) is 5.76. The van der Waals surface area contributed by atoms with E-state index in [9.17, 15) is 4.79 Å². The Hall–Kier alpha value is -0.650. The lowest BCUT2D eigenvalue weighted by molar-refractivity contribution is -0.136. The van der Waals surface area contributed by atoms with Crippen molar-refractivity contribution in [1.82, 2.24) is 4.90 Å². The molecule has 0 rings (SSSR count). The Labute approximate surface area is 71.6 Å². The van der Waals surface area contributed by atoms with E-state index in [4.69, 9.17) is 10.2 Å². The van der Waals surface area contributed by atoms with Crippen molar-refractivity contribution >= 4 is 5.91 Å². The van der Waals surface area contributed by atoms with Gasteiger partial charge in [0.15, 0.2) is 0 Å². The van der Waals surface area contributed by atoms with E-state index in [1.807, 2.05) is 0 Å². The van der Waals surface area contributed by atoms with E-state index in [-0.39, 0.29) is 38.8 Å². The van der Waals surface area contributed by atoms with Crippen LogP contribution in [-0.2, 0) is 9.53 Å². The van der Waals surface area contributed by atoms with E-state index in [1.165, 1.54) is 12.0 Å².